The normalized spacial score (nSPS) is 22.8. The third-order valence-electron chi connectivity index (χ3n) is 6.15. The quantitative estimate of drug-likeness (QED) is 0.834. The van der Waals surface area contributed by atoms with Gasteiger partial charge >= 0.3 is 0 Å². The van der Waals surface area contributed by atoms with Crippen molar-refractivity contribution in [2.24, 2.45) is 5.92 Å². The van der Waals surface area contributed by atoms with Crippen LogP contribution in [0.3, 0.4) is 0 Å². The van der Waals surface area contributed by atoms with Crippen molar-refractivity contribution in [3.63, 3.8) is 0 Å². The number of nitrogens with zero attached hydrogens (tertiary/aromatic N) is 4. The molecule has 150 valence electrons. The lowest BCUT2D eigenvalue weighted by atomic mass is 9.83. The van der Waals surface area contributed by atoms with Gasteiger partial charge in [0.25, 0.3) is 5.56 Å². The van der Waals surface area contributed by atoms with Crippen LogP contribution in [-0.2, 0) is 30.8 Å². The molecule has 1 amide bonds. The first-order valence-corrected chi connectivity index (χ1v) is 9.91. The van der Waals surface area contributed by atoms with Crippen LogP contribution in [0.5, 0.6) is 0 Å². The van der Waals surface area contributed by atoms with E-state index in [9.17, 15) is 9.59 Å². The summed E-state index contributed by atoms with van der Waals surface area (Å²) in [5.41, 5.74) is 3.39. The largest absolute Gasteiger partial charge is 0.342 e. The lowest BCUT2D eigenvalue weighted by molar-refractivity contribution is -0.133. The van der Waals surface area contributed by atoms with Crippen molar-refractivity contribution in [2.45, 2.75) is 44.8 Å². The van der Waals surface area contributed by atoms with E-state index in [2.05, 4.69) is 21.2 Å². The Hall–Kier alpha value is -2.12. The minimum Gasteiger partial charge on any atom is -0.342 e. The summed E-state index contributed by atoms with van der Waals surface area (Å²) in [6.07, 6.45) is 2.28. The Kier molecular flexibility index (Phi) is 5.29. The molecule has 0 spiro atoms. The summed E-state index contributed by atoms with van der Waals surface area (Å²) in [4.78, 5) is 27.0. The number of carbonyl (C=O) groups excluding carboxylic acids is 1. The van der Waals surface area contributed by atoms with Gasteiger partial charge in [-0.3, -0.25) is 14.3 Å². The summed E-state index contributed by atoms with van der Waals surface area (Å²) in [7, 11) is 0. The van der Waals surface area contributed by atoms with E-state index in [0.717, 1.165) is 57.1 Å². The molecule has 1 fully saturated rings. The molecule has 2 bridgehead atoms. The maximum absolute atomic E-state index is 12.8. The number of pyridine rings is 1. The molecule has 3 aliphatic heterocycles. The van der Waals surface area contributed by atoms with Crippen LogP contribution in [0, 0.1) is 5.92 Å². The van der Waals surface area contributed by atoms with Crippen LogP contribution >= 0.6 is 12.4 Å². The van der Waals surface area contributed by atoms with E-state index in [0.29, 0.717) is 18.8 Å². The summed E-state index contributed by atoms with van der Waals surface area (Å²) in [5.74, 6) is 0.869. The molecule has 7 nitrogen and oxygen atoms in total. The van der Waals surface area contributed by atoms with Crippen molar-refractivity contribution in [2.75, 3.05) is 19.6 Å². The second-order valence-electron chi connectivity index (χ2n) is 8.02. The highest BCUT2D eigenvalue weighted by Crippen LogP contribution is 2.35. The second kappa shape index (κ2) is 7.72. The summed E-state index contributed by atoms with van der Waals surface area (Å²) in [6.45, 7) is 4.93. The van der Waals surface area contributed by atoms with Crippen LogP contribution in [0.4, 0.5) is 0 Å². The molecule has 3 aliphatic rings. The zero-order valence-electron chi connectivity index (χ0n) is 15.8. The van der Waals surface area contributed by atoms with Gasteiger partial charge in [-0.05, 0) is 24.5 Å². The monoisotopic (exact) mass is 403 g/mol. The summed E-state index contributed by atoms with van der Waals surface area (Å²) in [5, 5.41) is 7.98. The minimum atomic E-state index is 0. The van der Waals surface area contributed by atoms with Crippen LogP contribution in [0.2, 0.25) is 0 Å². The Labute approximate surface area is 170 Å². The molecular weight excluding hydrogens is 378 g/mol. The van der Waals surface area contributed by atoms with Gasteiger partial charge in [-0.2, -0.15) is 5.10 Å². The predicted octanol–water partition coefficient (Wildman–Crippen LogP) is 1.15. The predicted molar refractivity (Wildman–Crippen MR) is 108 cm³/mol. The molecule has 2 atom stereocenters. The number of rotatable bonds is 3. The first-order valence-electron chi connectivity index (χ1n) is 9.91. The first kappa shape index (κ1) is 19.2. The molecule has 0 radical (unpaired) electrons. The third kappa shape index (κ3) is 3.49. The molecule has 28 heavy (non-hydrogen) atoms. The lowest BCUT2D eigenvalue weighted by Gasteiger charge is -2.42. The Bertz CT molecular complexity index is 913. The first-order chi connectivity index (χ1) is 13.2. The number of hydrogen-bond donors (Lipinski definition) is 1. The summed E-state index contributed by atoms with van der Waals surface area (Å²) >= 11 is 0. The average Bonchev–Trinajstić information content (AvgIpc) is 3.10. The number of likely N-dealkylation sites (tertiary alicyclic amines) is 1. The molecule has 5 rings (SSSR count). The molecule has 0 saturated carbocycles. The van der Waals surface area contributed by atoms with Crippen molar-refractivity contribution >= 4 is 18.3 Å². The van der Waals surface area contributed by atoms with Crippen molar-refractivity contribution in [3.8, 4) is 0 Å². The fourth-order valence-electron chi connectivity index (χ4n) is 4.87. The van der Waals surface area contributed by atoms with Gasteiger partial charge in [0.1, 0.15) is 0 Å². The number of amides is 1. The Morgan fingerprint density at radius 3 is 3.00 bits per heavy atom. The molecule has 0 unspecified atom stereocenters. The SMILES string of the molecule is Cl.O=C(CCc1cc2n(n1)CCNC2)N1C[C@H]2C[C@@H](C1)c1cccc(=O)n1C2. The number of halogens is 1. The maximum atomic E-state index is 12.8. The van der Waals surface area contributed by atoms with Crippen LogP contribution < -0.4 is 10.9 Å². The number of nitrogens with one attached hydrogen (secondary N) is 1. The van der Waals surface area contributed by atoms with E-state index in [1.165, 1.54) is 5.69 Å². The maximum Gasteiger partial charge on any atom is 0.250 e. The molecule has 1 saturated heterocycles. The third-order valence-corrected chi connectivity index (χ3v) is 6.15. The van der Waals surface area contributed by atoms with Gasteiger partial charge in [0.05, 0.1) is 17.9 Å². The van der Waals surface area contributed by atoms with Crippen molar-refractivity contribution in [1.29, 1.82) is 0 Å². The van der Waals surface area contributed by atoms with Gasteiger partial charge in [-0.25, -0.2) is 0 Å². The second-order valence-corrected chi connectivity index (χ2v) is 8.02. The molecular formula is C20H26ClN5O2. The van der Waals surface area contributed by atoms with Crippen molar-refractivity contribution in [1.82, 2.24) is 24.6 Å². The van der Waals surface area contributed by atoms with Gasteiger partial charge in [0.2, 0.25) is 5.91 Å². The highest BCUT2D eigenvalue weighted by molar-refractivity contribution is 5.85. The Morgan fingerprint density at radius 1 is 1.25 bits per heavy atom. The van der Waals surface area contributed by atoms with Crippen molar-refractivity contribution < 1.29 is 4.79 Å². The van der Waals surface area contributed by atoms with Gasteiger partial charge in [0.15, 0.2) is 0 Å². The molecule has 0 aromatic carbocycles. The summed E-state index contributed by atoms with van der Waals surface area (Å²) in [6, 6.07) is 7.63. The van der Waals surface area contributed by atoms with Crippen LogP contribution in [0.25, 0.3) is 0 Å². The number of fused-ring (bicyclic) bond motifs is 5. The number of piperidine rings is 1. The van der Waals surface area contributed by atoms with Gasteiger partial charge in [0, 0.05) is 63.2 Å². The Balaban J connectivity index is 0.00000192. The Morgan fingerprint density at radius 2 is 2.14 bits per heavy atom. The molecule has 2 aromatic heterocycles. The summed E-state index contributed by atoms with van der Waals surface area (Å²) < 4.78 is 3.96. The molecule has 5 heterocycles. The smallest absolute Gasteiger partial charge is 0.250 e. The van der Waals surface area contributed by atoms with Gasteiger partial charge < -0.3 is 14.8 Å². The fraction of sp³-hybridized carbons (Fsp3) is 0.550. The number of aromatic nitrogens is 3. The highest BCUT2D eigenvalue weighted by Gasteiger charge is 2.36. The van der Waals surface area contributed by atoms with E-state index >= 15 is 0 Å². The van der Waals surface area contributed by atoms with Crippen LogP contribution in [-0.4, -0.2) is 44.8 Å². The van der Waals surface area contributed by atoms with E-state index < -0.39 is 0 Å². The molecule has 1 N–H and O–H groups in total. The van der Waals surface area contributed by atoms with Gasteiger partial charge in [-0.15, -0.1) is 12.4 Å². The zero-order valence-corrected chi connectivity index (χ0v) is 16.7. The lowest BCUT2D eigenvalue weighted by Crippen LogP contribution is -2.49. The molecule has 2 aromatic rings. The highest BCUT2D eigenvalue weighted by atomic mass is 35.5. The van der Waals surface area contributed by atoms with Crippen LogP contribution in [0.1, 0.15) is 35.8 Å². The van der Waals surface area contributed by atoms with E-state index in [1.54, 1.807) is 6.07 Å². The van der Waals surface area contributed by atoms with Gasteiger partial charge in [-0.1, -0.05) is 6.07 Å². The minimum absolute atomic E-state index is 0. The average molecular weight is 404 g/mol. The van der Waals surface area contributed by atoms with Crippen molar-refractivity contribution in [3.05, 3.63) is 51.7 Å². The standard InChI is InChI=1S/C20H25N5O2.ClH/c26-19(5-4-16-9-17-10-21-6-7-25(17)22-16)23-11-14-8-15(13-23)18-2-1-3-20(27)24(18)12-14;/h1-3,9,14-15,21H,4-8,10-13H2;1H/t14-,15+;/m1./s1. The topological polar surface area (TPSA) is 72.2 Å². The van der Waals surface area contributed by atoms with E-state index in [4.69, 9.17) is 0 Å². The zero-order chi connectivity index (χ0) is 18.4. The van der Waals surface area contributed by atoms with E-state index in [-0.39, 0.29) is 29.8 Å². The fourth-order valence-corrected chi connectivity index (χ4v) is 4.87. The number of hydrogen-bond acceptors (Lipinski definition) is 4. The molecule has 0 aliphatic carbocycles. The van der Waals surface area contributed by atoms with E-state index in [1.807, 2.05) is 21.6 Å². The molecule has 8 heteroatoms. The number of carbonyl (C=O) groups is 1. The number of aryl methyl sites for hydroxylation is 1. The van der Waals surface area contributed by atoms with Crippen LogP contribution in [0.15, 0.2) is 29.1 Å².